The first kappa shape index (κ1) is 18.0. The van der Waals surface area contributed by atoms with Gasteiger partial charge in [0.25, 0.3) is 5.91 Å². The quantitative estimate of drug-likeness (QED) is 0.697. The Labute approximate surface area is 165 Å². The minimum atomic E-state index is -0.0119. The van der Waals surface area contributed by atoms with Gasteiger partial charge in [0, 0.05) is 24.0 Å². The van der Waals surface area contributed by atoms with E-state index in [0.717, 1.165) is 23.5 Å². The zero-order chi connectivity index (χ0) is 19.5. The molecule has 0 unspecified atom stereocenters. The van der Waals surface area contributed by atoms with Gasteiger partial charge in [-0.05, 0) is 56.2 Å². The van der Waals surface area contributed by atoms with Gasteiger partial charge in [0.15, 0.2) is 0 Å². The Kier molecular flexibility index (Phi) is 4.98. The van der Waals surface area contributed by atoms with Crippen LogP contribution in [0.2, 0.25) is 0 Å². The fourth-order valence-electron chi connectivity index (χ4n) is 3.40. The molecule has 1 aromatic heterocycles. The van der Waals surface area contributed by atoms with Crippen molar-refractivity contribution in [2.24, 2.45) is 0 Å². The van der Waals surface area contributed by atoms with Crippen molar-refractivity contribution in [3.05, 3.63) is 78.0 Å². The van der Waals surface area contributed by atoms with Crippen LogP contribution in [0.1, 0.15) is 29.8 Å². The predicted octanol–water partition coefficient (Wildman–Crippen LogP) is 4.82. The summed E-state index contributed by atoms with van der Waals surface area (Å²) in [7, 11) is 0. The Morgan fingerprint density at radius 2 is 1.89 bits per heavy atom. The lowest BCUT2D eigenvalue weighted by Crippen LogP contribution is -2.28. The second-order valence-corrected chi connectivity index (χ2v) is 7.05. The molecular weight excluding hydrogens is 350 g/mol. The number of hydrogen-bond acceptors (Lipinski definition) is 4. The molecule has 0 bridgehead atoms. The Bertz CT molecular complexity index is 1000. The van der Waals surface area contributed by atoms with Crippen LogP contribution in [0, 0.1) is 0 Å². The maximum absolute atomic E-state index is 13.1. The standard InChI is InChI=1S/C23H23N3O2/c1-16(2)28-21-10-6-4-8-19(21)25-22-15-18(11-13-24-22)23(27)26-14-12-17-7-3-5-9-20(17)26/h3-11,13,15-16H,12,14H2,1-2H3,(H,24,25). The van der Waals surface area contributed by atoms with E-state index in [0.29, 0.717) is 17.9 Å². The van der Waals surface area contributed by atoms with Gasteiger partial charge in [-0.1, -0.05) is 30.3 Å². The third kappa shape index (κ3) is 3.69. The van der Waals surface area contributed by atoms with Crippen LogP contribution < -0.4 is 15.0 Å². The number of pyridine rings is 1. The van der Waals surface area contributed by atoms with Gasteiger partial charge in [0.1, 0.15) is 11.6 Å². The van der Waals surface area contributed by atoms with E-state index in [1.165, 1.54) is 5.56 Å². The normalized spacial score (nSPS) is 12.8. The van der Waals surface area contributed by atoms with Gasteiger partial charge in [-0.3, -0.25) is 4.79 Å². The van der Waals surface area contributed by atoms with Crippen LogP contribution in [-0.2, 0) is 6.42 Å². The first-order valence-corrected chi connectivity index (χ1v) is 9.50. The van der Waals surface area contributed by atoms with Crippen LogP contribution in [0.25, 0.3) is 0 Å². The zero-order valence-corrected chi connectivity index (χ0v) is 16.1. The monoisotopic (exact) mass is 373 g/mol. The molecule has 2 aromatic carbocycles. The van der Waals surface area contributed by atoms with Crippen LogP contribution in [0.4, 0.5) is 17.2 Å². The lowest BCUT2D eigenvalue weighted by atomic mass is 10.1. The lowest BCUT2D eigenvalue weighted by molar-refractivity contribution is 0.0989. The molecule has 0 radical (unpaired) electrons. The van der Waals surface area contributed by atoms with Gasteiger partial charge in [-0.2, -0.15) is 0 Å². The van der Waals surface area contributed by atoms with Gasteiger partial charge in [0.05, 0.1) is 11.8 Å². The number of aromatic nitrogens is 1. The van der Waals surface area contributed by atoms with Crippen LogP contribution in [-0.4, -0.2) is 23.5 Å². The van der Waals surface area contributed by atoms with Gasteiger partial charge in [0.2, 0.25) is 0 Å². The lowest BCUT2D eigenvalue weighted by Gasteiger charge is -2.18. The van der Waals surface area contributed by atoms with Crippen molar-refractivity contribution in [3.8, 4) is 5.75 Å². The third-order valence-corrected chi connectivity index (χ3v) is 4.65. The molecular formula is C23H23N3O2. The molecule has 0 aliphatic carbocycles. The number of fused-ring (bicyclic) bond motifs is 1. The number of carbonyl (C=O) groups excluding carboxylic acids is 1. The number of ether oxygens (including phenoxy) is 1. The van der Waals surface area contributed by atoms with E-state index in [1.54, 1.807) is 18.3 Å². The molecule has 0 spiro atoms. The molecule has 5 nitrogen and oxygen atoms in total. The van der Waals surface area contributed by atoms with Gasteiger partial charge in [-0.25, -0.2) is 4.98 Å². The maximum Gasteiger partial charge on any atom is 0.258 e. The molecule has 1 amide bonds. The van der Waals surface area contributed by atoms with Crippen LogP contribution in [0.15, 0.2) is 66.9 Å². The summed E-state index contributed by atoms with van der Waals surface area (Å²) in [6, 6.07) is 19.3. The Morgan fingerprint density at radius 1 is 1.11 bits per heavy atom. The largest absolute Gasteiger partial charge is 0.489 e. The number of rotatable bonds is 5. The number of hydrogen-bond donors (Lipinski definition) is 1. The average Bonchev–Trinajstić information content (AvgIpc) is 3.13. The van der Waals surface area contributed by atoms with E-state index in [-0.39, 0.29) is 12.0 Å². The summed E-state index contributed by atoms with van der Waals surface area (Å²) in [4.78, 5) is 19.3. The molecule has 142 valence electrons. The smallest absolute Gasteiger partial charge is 0.258 e. The van der Waals surface area contributed by atoms with E-state index in [4.69, 9.17) is 4.74 Å². The molecule has 2 heterocycles. The number of nitrogens with zero attached hydrogens (tertiary/aromatic N) is 2. The van der Waals surface area contributed by atoms with E-state index in [2.05, 4.69) is 16.4 Å². The number of nitrogens with one attached hydrogen (secondary N) is 1. The zero-order valence-electron chi connectivity index (χ0n) is 16.1. The third-order valence-electron chi connectivity index (χ3n) is 4.65. The molecule has 4 rings (SSSR count). The Morgan fingerprint density at radius 3 is 2.75 bits per heavy atom. The summed E-state index contributed by atoms with van der Waals surface area (Å²) in [6.07, 6.45) is 2.61. The molecule has 0 atom stereocenters. The fraction of sp³-hybridized carbons (Fsp3) is 0.217. The highest BCUT2D eigenvalue weighted by molar-refractivity contribution is 6.07. The fourth-order valence-corrected chi connectivity index (χ4v) is 3.40. The molecule has 5 heteroatoms. The van der Waals surface area contributed by atoms with Gasteiger partial charge >= 0.3 is 0 Å². The van der Waals surface area contributed by atoms with Crippen molar-refractivity contribution >= 4 is 23.1 Å². The van der Waals surface area contributed by atoms with Crippen molar-refractivity contribution in [1.82, 2.24) is 4.98 Å². The Balaban J connectivity index is 1.57. The van der Waals surface area contributed by atoms with Crippen molar-refractivity contribution in [2.75, 3.05) is 16.8 Å². The van der Waals surface area contributed by atoms with Crippen LogP contribution in [0.3, 0.4) is 0 Å². The molecule has 1 aliphatic rings. The predicted molar refractivity (Wildman–Crippen MR) is 112 cm³/mol. The van der Waals surface area contributed by atoms with Crippen LogP contribution in [0.5, 0.6) is 5.75 Å². The summed E-state index contributed by atoms with van der Waals surface area (Å²) in [6.45, 7) is 4.68. The van der Waals surface area contributed by atoms with Gasteiger partial charge < -0.3 is 15.0 Å². The SMILES string of the molecule is CC(C)Oc1ccccc1Nc1cc(C(=O)N2CCc3ccccc32)ccn1. The van der Waals surface area contributed by atoms with E-state index >= 15 is 0 Å². The maximum atomic E-state index is 13.1. The van der Waals surface area contributed by atoms with Crippen LogP contribution >= 0.6 is 0 Å². The number of carbonyl (C=O) groups is 1. The van der Waals surface area contributed by atoms with Crippen molar-refractivity contribution in [3.63, 3.8) is 0 Å². The summed E-state index contributed by atoms with van der Waals surface area (Å²) < 4.78 is 5.85. The molecule has 1 N–H and O–H groups in total. The van der Waals surface area contributed by atoms with E-state index in [1.807, 2.05) is 61.2 Å². The van der Waals surface area contributed by atoms with Gasteiger partial charge in [-0.15, -0.1) is 0 Å². The van der Waals surface area contributed by atoms with Crippen molar-refractivity contribution in [1.29, 1.82) is 0 Å². The first-order valence-electron chi connectivity index (χ1n) is 9.50. The van der Waals surface area contributed by atoms with E-state index in [9.17, 15) is 4.79 Å². The first-order chi connectivity index (χ1) is 13.6. The number of amides is 1. The summed E-state index contributed by atoms with van der Waals surface area (Å²) in [5.41, 5.74) is 3.63. The number of anilines is 3. The number of para-hydroxylation sites is 3. The summed E-state index contributed by atoms with van der Waals surface area (Å²) >= 11 is 0. The molecule has 0 saturated heterocycles. The molecule has 28 heavy (non-hydrogen) atoms. The summed E-state index contributed by atoms with van der Waals surface area (Å²) in [5, 5.41) is 3.28. The summed E-state index contributed by atoms with van der Waals surface area (Å²) in [5.74, 6) is 1.35. The number of benzene rings is 2. The molecule has 0 saturated carbocycles. The molecule has 3 aromatic rings. The topological polar surface area (TPSA) is 54.5 Å². The highest BCUT2D eigenvalue weighted by Gasteiger charge is 2.25. The Hall–Kier alpha value is -3.34. The molecule has 1 aliphatic heterocycles. The minimum Gasteiger partial charge on any atom is -0.489 e. The van der Waals surface area contributed by atoms with Crippen molar-refractivity contribution < 1.29 is 9.53 Å². The molecule has 0 fully saturated rings. The highest BCUT2D eigenvalue weighted by Crippen LogP contribution is 2.30. The average molecular weight is 373 g/mol. The second kappa shape index (κ2) is 7.72. The highest BCUT2D eigenvalue weighted by atomic mass is 16.5. The minimum absolute atomic E-state index is 0.0119. The van der Waals surface area contributed by atoms with E-state index < -0.39 is 0 Å². The van der Waals surface area contributed by atoms with Crippen molar-refractivity contribution in [2.45, 2.75) is 26.4 Å². The second-order valence-electron chi connectivity index (χ2n) is 7.05.